The largest absolute Gasteiger partial charge is 0.455 e. The summed E-state index contributed by atoms with van der Waals surface area (Å²) < 4.78 is 5.02. The zero-order valence-corrected chi connectivity index (χ0v) is 15.1. The molecule has 4 nitrogen and oxygen atoms in total. The smallest absolute Gasteiger partial charge is 0.316 e. The lowest BCUT2D eigenvalue weighted by Gasteiger charge is -2.17. The molecule has 1 N–H and O–H groups in total. The molecule has 1 amide bonds. The Morgan fingerprint density at radius 2 is 1.79 bits per heavy atom. The van der Waals surface area contributed by atoms with E-state index >= 15 is 0 Å². The van der Waals surface area contributed by atoms with Crippen molar-refractivity contribution in [2.75, 3.05) is 12.4 Å². The van der Waals surface area contributed by atoms with Gasteiger partial charge in [0.2, 0.25) is 0 Å². The van der Waals surface area contributed by atoms with Crippen LogP contribution in [0, 0.1) is 5.92 Å². The summed E-state index contributed by atoms with van der Waals surface area (Å²) in [6, 6.07) is 14.2. The highest BCUT2D eigenvalue weighted by Crippen LogP contribution is 2.23. The van der Waals surface area contributed by atoms with Gasteiger partial charge in [-0.2, -0.15) is 0 Å². The summed E-state index contributed by atoms with van der Waals surface area (Å²) in [4.78, 5) is 24.5. The van der Waals surface area contributed by atoms with Crippen LogP contribution in [0.1, 0.15) is 20.8 Å². The molecule has 0 saturated carbocycles. The maximum atomic E-state index is 11.8. The number of amides is 1. The molecule has 0 saturated heterocycles. The Morgan fingerprint density at radius 3 is 2.50 bits per heavy atom. The lowest BCUT2D eigenvalue weighted by Crippen LogP contribution is -2.38. The molecule has 0 radical (unpaired) electrons. The van der Waals surface area contributed by atoms with Crippen LogP contribution >= 0.6 is 11.8 Å². The molecule has 1 unspecified atom stereocenters. The van der Waals surface area contributed by atoms with E-state index in [9.17, 15) is 9.59 Å². The SMILES string of the molecule is CC(C)C(C)NC(=O)COC(=O)CSc1ccc2ccccc2c1. The summed E-state index contributed by atoms with van der Waals surface area (Å²) >= 11 is 1.41. The van der Waals surface area contributed by atoms with Gasteiger partial charge < -0.3 is 10.1 Å². The van der Waals surface area contributed by atoms with E-state index in [2.05, 4.69) is 11.4 Å². The van der Waals surface area contributed by atoms with Gasteiger partial charge in [0.05, 0.1) is 5.75 Å². The van der Waals surface area contributed by atoms with Crippen LogP contribution in [0.5, 0.6) is 0 Å². The molecule has 0 heterocycles. The number of nitrogens with one attached hydrogen (secondary N) is 1. The highest BCUT2D eigenvalue weighted by atomic mass is 32.2. The lowest BCUT2D eigenvalue weighted by atomic mass is 10.1. The molecule has 24 heavy (non-hydrogen) atoms. The number of carbonyl (C=O) groups is 2. The molecular formula is C19H23NO3S. The fraction of sp³-hybridized carbons (Fsp3) is 0.368. The minimum atomic E-state index is -0.388. The molecule has 128 valence electrons. The third kappa shape index (κ3) is 5.57. The molecule has 2 aromatic carbocycles. The number of carbonyl (C=O) groups excluding carboxylic acids is 2. The molecule has 0 fully saturated rings. The van der Waals surface area contributed by atoms with Gasteiger partial charge in [0.1, 0.15) is 0 Å². The van der Waals surface area contributed by atoms with Crippen LogP contribution in [0.25, 0.3) is 10.8 Å². The van der Waals surface area contributed by atoms with E-state index < -0.39 is 0 Å². The van der Waals surface area contributed by atoms with Gasteiger partial charge in [-0.1, -0.05) is 44.2 Å². The monoisotopic (exact) mass is 345 g/mol. The summed E-state index contributed by atoms with van der Waals surface area (Å²) in [6.45, 7) is 5.75. The van der Waals surface area contributed by atoms with Crippen LogP contribution in [0.4, 0.5) is 0 Å². The predicted molar refractivity (Wildman–Crippen MR) is 98.1 cm³/mol. The Bertz CT molecular complexity index is 715. The average molecular weight is 345 g/mol. The van der Waals surface area contributed by atoms with Crippen LogP contribution in [0.2, 0.25) is 0 Å². The van der Waals surface area contributed by atoms with Crippen molar-refractivity contribution in [3.63, 3.8) is 0 Å². The highest BCUT2D eigenvalue weighted by Gasteiger charge is 2.13. The van der Waals surface area contributed by atoms with Crippen LogP contribution < -0.4 is 5.32 Å². The van der Waals surface area contributed by atoms with Gasteiger partial charge in [-0.3, -0.25) is 9.59 Å². The van der Waals surface area contributed by atoms with E-state index in [0.29, 0.717) is 5.92 Å². The van der Waals surface area contributed by atoms with Gasteiger partial charge in [-0.15, -0.1) is 11.8 Å². The van der Waals surface area contributed by atoms with E-state index in [-0.39, 0.29) is 30.3 Å². The Kier molecular flexibility index (Phi) is 6.67. The van der Waals surface area contributed by atoms with E-state index in [1.807, 2.05) is 57.2 Å². The molecule has 2 aromatic rings. The predicted octanol–water partition coefficient (Wildman–Crippen LogP) is 3.64. The van der Waals surface area contributed by atoms with Crippen molar-refractivity contribution in [3.05, 3.63) is 42.5 Å². The minimum absolute atomic E-state index is 0.0585. The van der Waals surface area contributed by atoms with Crippen molar-refractivity contribution in [2.24, 2.45) is 5.92 Å². The molecule has 1 atom stereocenters. The summed E-state index contributed by atoms with van der Waals surface area (Å²) in [6.07, 6.45) is 0. The van der Waals surface area contributed by atoms with Crippen molar-refractivity contribution >= 4 is 34.4 Å². The maximum Gasteiger partial charge on any atom is 0.316 e. The van der Waals surface area contributed by atoms with Crippen molar-refractivity contribution in [1.82, 2.24) is 5.32 Å². The van der Waals surface area contributed by atoms with Crippen LogP contribution in [0.3, 0.4) is 0 Å². The van der Waals surface area contributed by atoms with E-state index in [4.69, 9.17) is 4.74 Å². The number of esters is 1. The Balaban J connectivity index is 1.77. The fourth-order valence-electron chi connectivity index (χ4n) is 2.05. The van der Waals surface area contributed by atoms with Crippen LogP contribution in [-0.2, 0) is 14.3 Å². The summed E-state index contributed by atoms with van der Waals surface area (Å²) in [5.41, 5.74) is 0. The summed E-state index contributed by atoms with van der Waals surface area (Å²) in [7, 11) is 0. The zero-order chi connectivity index (χ0) is 17.5. The molecule has 0 spiro atoms. The number of ether oxygens (including phenoxy) is 1. The van der Waals surface area contributed by atoms with Gasteiger partial charge in [0.15, 0.2) is 6.61 Å². The van der Waals surface area contributed by atoms with Crippen molar-refractivity contribution in [3.8, 4) is 0 Å². The second-order valence-corrected chi connectivity index (χ2v) is 7.11. The van der Waals surface area contributed by atoms with Gasteiger partial charge in [-0.25, -0.2) is 0 Å². The van der Waals surface area contributed by atoms with Crippen molar-refractivity contribution < 1.29 is 14.3 Å². The first kappa shape index (κ1) is 18.3. The first-order chi connectivity index (χ1) is 11.5. The zero-order valence-electron chi connectivity index (χ0n) is 14.2. The average Bonchev–Trinajstić information content (AvgIpc) is 2.57. The van der Waals surface area contributed by atoms with Gasteiger partial charge >= 0.3 is 5.97 Å². The highest BCUT2D eigenvalue weighted by molar-refractivity contribution is 8.00. The van der Waals surface area contributed by atoms with E-state index in [1.54, 1.807) is 0 Å². The fourth-order valence-corrected chi connectivity index (χ4v) is 2.79. The Labute approximate surface area is 147 Å². The second-order valence-electron chi connectivity index (χ2n) is 6.06. The number of hydrogen-bond donors (Lipinski definition) is 1. The minimum Gasteiger partial charge on any atom is -0.455 e. The first-order valence-electron chi connectivity index (χ1n) is 8.02. The van der Waals surface area contributed by atoms with Gasteiger partial charge in [0.25, 0.3) is 5.91 Å². The molecular weight excluding hydrogens is 322 g/mol. The molecule has 2 rings (SSSR count). The molecule has 0 aromatic heterocycles. The number of fused-ring (bicyclic) bond motifs is 1. The van der Waals surface area contributed by atoms with Crippen molar-refractivity contribution in [2.45, 2.75) is 31.7 Å². The molecule has 0 aliphatic rings. The molecule has 0 aliphatic heterocycles. The lowest BCUT2D eigenvalue weighted by molar-refractivity contribution is -0.146. The van der Waals surface area contributed by atoms with Crippen LogP contribution in [0.15, 0.2) is 47.4 Å². The maximum absolute atomic E-state index is 11.8. The number of benzene rings is 2. The number of rotatable bonds is 7. The number of thioether (sulfide) groups is 1. The van der Waals surface area contributed by atoms with Gasteiger partial charge in [0, 0.05) is 10.9 Å². The topological polar surface area (TPSA) is 55.4 Å². The molecule has 5 heteroatoms. The summed E-state index contributed by atoms with van der Waals surface area (Å²) in [5, 5.41) is 5.11. The molecule has 0 bridgehead atoms. The number of hydrogen-bond acceptors (Lipinski definition) is 4. The Morgan fingerprint density at radius 1 is 1.08 bits per heavy atom. The molecule has 0 aliphatic carbocycles. The van der Waals surface area contributed by atoms with Crippen molar-refractivity contribution in [1.29, 1.82) is 0 Å². The second kappa shape index (κ2) is 8.73. The van der Waals surface area contributed by atoms with Crippen LogP contribution in [-0.4, -0.2) is 30.3 Å². The van der Waals surface area contributed by atoms with E-state index in [0.717, 1.165) is 10.3 Å². The third-order valence-corrected chi connectivity index (χ3v) is 4.80. The Hall–Kier alpha value is -2.01. The summed E-state index contributed by atoms with van der Waals surface area (Å²) in [5.74, 6) is -0.125. The first-order valence-corrected chi connectivity index (χ1v) is 9.01. The normalized spacial score (nSPS) is 12.2. The van der Waals surface area contributed by atoms with E-state index in [1.165, 1.54) is 17.1 Å². The standard InChI is InChI=1S/C19H23NO3S/c1-13(2)14(3)20-18(21)11-23-19(22)12-24-17-9-8-15-6-4-5-7-16(15)10-17/h4-10,13-14H,11-12H2,1-3H3,(H,20,21). The van der Waals surface area contributed by atoms with Gasteiger partial charge in [-0.05, 0) is 35.7 Å². The quantitative estimate of drug-likeness (QED) is 0.615. The third-order valence-electron chi connectivity index (χ3n) is 3.83.